The number of hydrogen-bond donors (Lipinski definition) is 2. The Balaban J connectivity index is 1.43. The van der Waals surface area contributed by atoms with E-state index in [1.54, 1.807) is 4.90 Å². The number of nitrogens with one attached hydrogen (secondary N) is 2. The number of rotatable bonds is 4. The fraction of sp³-hybridized carbons (Fsp3) is 0.273. The maximum atomic E-state index is 12.8. The van der Waals surface area contributed by atoms with Gasteiger partial charge in [-0.2, -0.15) is 0 Å². The minimum atomic E-state index is -0.295. The molecular formula is C22H23N5O2S. The van der Waals surface area contributed by atoms with E-state index in [4.69, 9.17) is 0 Å². The molecule has 154 valence electrons. The number of amides is 3. The SMILES string of the molecule is Cc1ccc(NC(=O)c2nnc(C3CCCN3C(=O)Nc3ccc(C)cc3)s2)cc1. The van der Waals surface area contributed by atoms with Crippen LogP contribution in [0.3, 0.4) is 0 Å². The first-order valence-electron chi connectivity index (χ1n) is 9.85. The highest BCUT2D eigenvalue weighted by atomic mass is 32.1. The number of benzene rings is 2. The molecule has 1 saturated heterocycles. The summed E-state index contributed by atoms with van der Waals surface area (Å²) in [6, 6.07) is 14.9. The van der Waals surface area contributed by atoms with E-state index in [-0.39, 0.29) is 23.0 Å². The summed E-state index contributed by atoms with van der Waals surface area (Å²) in [6.07, 6.45) is 1.69. The monoisotopic (exact) mass is 421 g/mol. The highest BCUT2D eigenvalue weighted by Gasteiger charge is 2.33. The summed E-state index contributed by atoms with van der Waals surface area (Å²) in [6.45, 7) is 4.64. The average molecular weight is 422 g/mol. The van der Waals surface area contributed by atoms with Crippen molar-refractivity contribution in [3.05, 3.63) is 69.7 Å². The van der Waals surface area contributed by atoms with Crippen molar-refractivity contribution in [1.29, 1.82) is 0 Å². The number of likely N-dealkylation sites (tertiary alicyclic amines) is 1. The molecule has 1 aliphatic rings. The second-order valence-electron chi connectivity index (χ2n) is 7.41. The van der Waals surface area contributed by atoms with Crippen LogP contribution in [0, 0.1) is 13.8 Å². The van der Waals surface area contributed by atoms with Crippen molar-refractivity contribution < 1.29 is 9.59 Å². The van der Waals surface area contributed by atoms with E-state index in [1.807, 2.05) is 62.4 Å². The summed E-state index contributed by atoms with van der Waals surface area (Å²) in [7, 11) is 0. The van der Waals surface area contributed by atoms with Crippen molar-refractivity contribution in [3.8, 4) is 0 Å². The molecule has 2 N–H and O–H groups in total. The molecule has 4 rings (SSSR count). The topological polar surface area (TPSA) is 87.2 Å². The second kappa shape index (κ2) is 8.62. The van der Waals surface area contributed by atoms with Gasteiger partial charge in [-0.3, -0.25) is 4.79 Å². The van der Waals surface area contributed by atoms with E-state index in [2.05, 4.69) is 20.8 Å². The summed E-state index contributed by atoms with van der Waals surface area (Å²) in [5.74, 6) is -0.295. The van der Waals surface area contributed by atoms with Gasteiger partial charge in [0.2, 0.25) is 5.01 Å². The number of nitrogens with zero attached hydrogens (tertiary/aromatic N) is 3. The van der Waals surface area contributed by atoms with E-state index < -0.39 is 0 Å². The third-order valence-corrected chi connectivity index (χ3v) is 6.07. The van der Waals surface area contributed by atoms with Gasteiger partial charge in [-0.05, 0) is 51.0 Å². The van der Waals surface area contributed by atoms with E-state index in [9.17, 15) is 9.59 Å². The van der Waals surface area contributed by atoms with E-state index in [0.29, 0.717) is 17.2 Å². The fourth-order valence-corrected chi connectivity index (χ4v) is 4.27. The normalized spacial score (nSPS) is 15.8. The van der Waals surface area contributed by atoms with Gasteiger partial charge in [-0.25, -0.2) is 4.79 Å². The van der Waals surface area contributed by atoms with Gasteiger partial charge >= 0.3 is 6.03 Å². The van der Waals surface area contributed by atoms with Crippen LogP contribution in [0.1, 0.15) is 44.8 Å². The lowest BCUT2D eigenvalue weighted by atomic mass is 10.2. The molecule has 0 spiro atoms. The lowest BCUT2D eigenvalue weighted by Gasteiger charge is -2.23. The van der Waals surface area contributed by atoms with Crippen LogP contribution in [-0.4, -0.2) is 33.6 Å². The summed E-state index contributed by atoms with van der Waals surface area (Å²) in [5, 5.41) is 15.0. The zero-order valence-corrected chi connectivity index (χ0v) is 17.7. The highest BCUT2D eigenvalue weighted by Crippen LogP contribution is 2.34. The number of carbonyl (C=O) groups is 2. The lowest BCUT2D eigenvalue weighted by Crippen LogP contribution is -2.34. The maximum absolute atomic E-state index is 12.8. The van der Waals surface area contributed by atoms with E-state index in [0.717, 1.165) is 29.7 Å². The highest BCUT2D eigenvalue weighted by molar-refractivity contribution is 7.13. The summed E-state index contributed by atoms with van der Waals surface area (Å²) < 4.78 is 0. The summed E-state index contributed by atoms with van der Waals surface area (Å²) in [5.41, 5.74) is 3.72. The summed E-state index contributed by atoms with van der Waals surface area (Å²) >= 11 is 1.23. The van der Waals surface area contributed by atoms with Crippen molar-refractivity contribution in [3.63, 3.8) is 0 Å². The molecule has 1 atom stereocenters. The Morgan fingerprint density at radius 1 is 0.933 bits per heavy atom. The Labute approximate surface area is 179 Å². The molecular weight excluding hydrogens is 398 g/mol. The molecule has 2 aromatic carbocycles. The number of anilines is 2. The second-order valence-corrected chi connectivity index (χ2v) is 8.42. The van der Waals surface area contributed by atoms with Crippen LogP contribution >= 0.6 is 11.3 Å². The van der Waals surface area contributed by atoms with Gasteiger partial charge in [0, 0.05) is 17.9 Å². The molecule has 2 heterocycles. The van der Waals surface area contributed by atoms with Crippen molar-refractivity contribution in [2.45, 2.75) is 32.7 Å². The molecule has 0 saturated carbocycles. The molecule has 1 fully saturated rings. The first-order chi connectivity index (χ1) is 14.5. The maximum Gasteiger partial charge on any atom is 0.322 e. The zero-order valence-electron chi connectivity index (χ0n) is 16.9. The van der Waals surface area contributed by atoms with Crippen molar-refractivity contribution in [2.24, 2.45) is 0 Å². The van der Waals surface area contributed by atoms with Crippen LogP contribution in [0.5, 0.6) is 0 Å². The molecule has 1 aromatic heterocycles. The van der Waals surface area contributed by atoms with Gasteiger partial charge < -0.3 is 15.5 Å². The van der Waals surface area contributed by atoms with Crippen molar-refractivity contribution in [1.82, 2.24) is 15.1 Å². The number of hydrogen-bond acceptors (Lipinski definition) is 5. The number of aryl methyl sites for hydroxylation is 2. The van der Waals surface area contributed by atoms with Gasteiger partial charge in [-0.15, -0.1) is 10.2 Å². The van der Waals surface area contributed by atoms with Crippen LogP contribution in [0.4, 0.5) is 16.2 Å². The predicted molar refractivity (Wildman–Crippen MR) is 118 cm³/mol. The van der Waals surface area contributed by atoms with Gasteiger partial charge in [0.05, 0.1) is 6.04 Å². The first-order valence-corrected chi connectivity index (χ1v) is 10.7. The molecule has 1 aliphatic heterocycles. The Morgan fingerprint density at radius 2 is 1.53 bits per heavy atom. The molecule has 0 aliphatic carbocycles. The van der Waals surface area contributed by atoms with E-state index >= 15 is 0 Å². The van der Waals surface area contributed by atoms with Crippen molar-refractivity contribution >= 4 is 34.6 Å². The molecule has 1 unspecified atom stereocenters. The van der Waals surface area contributed by atoms with Gasteiger partial charge in [0.15, 0.2) is 0 Å². The van der Waals surface area contributed by atoms with Gasteiger partial charge in [0.1, 0.15) is 5.01 Å². The Kier molecular flexibility index (Phi) is 5.76. The van der Waals surface area contributed by atoms with Crippen LogP contribution in [0.15, 0.2) is 48.5 Å². The Bertz CT molecular complexity index is 1050. The van der Waals surface area contributed by atoms with E-state index in [1.165, 1.54) is 11.3 Å². The number of aromatic nitrogens is 2. The summed E-state index contributed by atoms with van der Waals surface area (Å²) in [4.78, 5) is 27.1. The number of carbonyl (C=O) groups excluding carboxylic acids is 2. The van der Waals surface area contributed by atoms with Crippen LogP contribution in [0.25, 0.3) is 0 Å². The molecule has 3 aromatic rings. The predicted octanol–water partition coefficient (Wildman–Crippen LogP) is 4.78. The first kappa shape index (κ1) is 20.0. The van der Waals surface area contributed by atoms with Crippen molar-refractivity contribution in [2.75, 3.05) is 17.2 Å². The molecule has 3 amide bonds. The zero-order chi connectivity index (χ0) is 21.1. The standard InChI is InChI=1S/C22H23N5O2S/c1-14-5-9-16(10-6-14)23-19(28)21-26-25-20(30-21)18-4-3-13-27(18)22(29)24-17-11-7-15(2)8-12-17/h5-12,18H,3-4,13H2,1-2H3,(H,23,28)(H,24,29). The lowest BCUT2D eigenvalue weighted by molar-refractivity contribution is 0.102. The largest absolute Gasteiger partial charge is 0.322 e. The third-order valence-electron chi connectivity index (χ3n) is 5.05. The smallest absolute Gasteiger partial charge is 0.320 e. The number of urea groups is 1. The minimum absolute atomic E-state index is 0.165. The fourth-order valence-electron chi connectivity index (χ4n) is 3.38. The van der Waals surface area contributed by atoms with Crippen LogP contribution in [-0.2, 0) is 0 Å². The van der Waals surface area contributed by atoms with Crippen LogP contribution in [0.2, 0.25) is 0 Å². The third kappa shape index (κ3) is 4.49. The minimum Gasteiger partial charge on any atom is -0.320 e. The Hall–Kier alpha value is -3.26. The molecule has 8 heteroatoms. The molecule has 7 nitrogen and oxygen atoms in total. The van der Waals surface area contributed by atoms with Gasteiger partial charge in [-0.1, -0.05) is 46.7 Å². The quantitative estimate of drug-likeness (QED) is 0.635. The van der Waals surface area contributed by atoms with Crippen LogP contribution < -0.4 is 10.6 Å². The Morgan fingerprint density at radius 3 is 2.17 bits per heavy atom. The molecule has 30 heavy (non-hydrogen) atoms. The van der Waals surface area contributed by atoms with Gasteiger partial charge in [0.25, 0.3) is 5.91 Å². The molecule has 0 bridgehead atoms. The molecule has 0 radical (unpaired) electrons. The average Bonchev–Trinajstić information content (AvgIpc) is 3.40.